The number of ether oxygens (including phenoxy) is 1. The summed E-state index contributed by atoms with van der Waals surface area (Å²) in [6, 6.07) is 4.73. The van der Waals surface area contributed by atoms with E-state index in [2.05, 4.69) is 38.7 Å². The molecule has 0 aliphatic heterocycles. The van der Waals surface area contributed by atoms with E-state index in [1.54, 1.807) is 19.1 Å². The Balaban J connectivity index is 1.73. The number of nitrogens with zero attached hydrogens (tertiary/aromatic N) is 1. The molecular formula is C21H22BrN3O5S. The number of carbonyl (C=O) groups is 3. The first-order chi connectivity index (χ1) is 14.8. The van der Waals surface area contributed by atoms with E-state index in [9.17, 15) is 19.5 Å². The molecule has 1 atom stereocenters. The van der Waals surface area contributed by atoms with Crippen LogP contribution in [0.5, 0.6) is 5.75 Å². The van der Waals surface area contributed by atoms with E-state index in [4.69, 9.17) is 4.74 Å². The van der Waals surface area contributed by atoms with Crippen molar-refractivity contribution < 1.29 is 24.2 Å². The molecular weight excluding hydrogens is 486 g/mol. The van der Waals surface area contributed by atoms with Gasteiger partial charge in [0, 0.05) is 14.9 Å². The summed E-state index contributed by atoms with van der Waals surface area (Å²) in [5, 5.41) is 16.3. The Morgan fingerprint density at radius 3 is 2.87 bits per heavy atom. The molecule has 0 radical (unpaired) electrons. The molecule has 0 saturated heterocycles. The van der Waals surface area contributed by atoms with Gasteiger partial charge in [0.2, 0.25) is 0 Å². The molecule has 8 nitrogen and oxygen atoms in total. The first-order valence-corrected chi connectivity index (χ1v) is 11.4. The monoisotopic (exact) mass is 507 g/mol. The summed E-state index contributed by atoms with van der Waals surface area (Å²) in [6.45, 7) is 4.07. The van der Waals surface area contributed by atoms with Gasteiger partial charge in [0.15, 0.2) is 0 Å². The van der Waals surface area contributed by atoms with Crippen molar-refractivity contribution in [2.75, 3.05) is 11.9 Å². The Morgan fingerprint density at radius 2 is 2.13 bits per heavy atom. The van der Waals surface area contributed by atoms with Gasteiger partial charge in [-0.1, -0.05) is 22.9 Å². The molecule has 3 rings (SSSR count). The average molecular weight is 508 g/mol. The highest BCUT2D eigenvalue weighted by atomic mass is 79.9. The van der Waals surface area contributed by atoms with Crippen LogP contribution in [0.3, 0.4) is 0 Å². The number of halogens is 1. The van der Waals surface area contributed by atoms with Crippen molar-refractivity contribution in [2.24, 2.45) is 11.0 Å². The van der Waals surface area contributed by atoms with Crippen LogP contribution in [-0.4, -0.2) is 35.7 Å². The number of anilines is 1. The molecule has 2 aromatic rings. The second-order valence-corrected chi connectivity index (χ2v) is 9.15. The molecule has 1 heterocycles. The smallest absolute Gasteiger partial charge is 0.341 e. The molecule has 3 N–H and O–H groups in total. The molecule has 1 aliphatic rings. The summed E-state index contributed by atoms with van der Waals surface area (Å²) < 4.78 is 5.88. The van der Waals surface area contributed by atoms with Crippen LogP contribution in [0.2, 0.25) is 0 Å². The Hall–Kier alpha value is -2.72. The van der Waals surface area contributed by atoms with Gasteiger partial charge in [0.1, 0.15) is 10.8 Å². The highest BCUT2D eigenvalue weighted by molar-refractivity contribution is 9.10. The van der Waals surface area contributed by atoms with Gasteiger partial charge < -0.3 is 15.2 Å². The largest absolute Gasteiger partial charge is 0.507 e. The van der Waals surface area contributed by atoms with E-state index in [-0.39, 0.29) is 12.4 Å². The zero-order valence-corrected chi connectivity index (χ0v) is 19.4. The summed E-state index contributed by atoms with van der Waals surface area (Å²) in [4.78, 5) is 38.1. The van der Waals surface area contributed by atoms with E-state index in [0.29, 0.717) is 22.0 Å². The van der Waals surface area contributed by atoms with Gasteiger partial charge in [0.05, 0.1) is 18.4 Å². The Bertz CT molecular complexity index is 1050. The fourth-order valence-corrected chi connectivity index (χ4v) is 5.03. The molecule has 164 valence electrons. The minimum Gasteiger partial charge on any atom is -0.507 e. The SMILES string of the molecule is CCOC(=O)c1c(NC(=O)C(=O)N/N=C\c2cc(Br)ccc2O)sc2c1CC[C@H](C)C2. The maximum Gasteiger partial charge on any atom is 0.341 e. The first kappa shape index (κ1) is 23.0. The topological polar surface area (TPSA) is 117 Å². The number of hydrogen-bond donors (Lipinski definition) is 3. The van der Waals surface area contributed by atoms with E-state index in [1.807, 2.05) is 0 Å². The normalized spacial score (nSPS) is 15.4. The van der Waals surface area contributed by atoms with Crippen LogP contribution in [0.1, 0.15) is 46.6 Å². The number of esters is 1. The molecule has 31 heavy (non-hydrogen) atoms. The number of amides is 2. The number of aromatic hydroxyl groups is 1. The lowest BCUT2D eigenvalue weighted by Crippen LogP contribution is -2.32. The van der Waals surface area contributed by atoms with Crippen LogP contribution in [0, 0.1) is 5.92 Å². The highest BCUT2D eigenvalue weighted by Crippen LogP contribution is 2.40. The maximum absolute atomic E-state index is 12.5. The second kappa shape index (κ2) is 10.1. The summed E-state index contributed by atoms with van der Waals surface area (Å²) in [6.07, 6.45) is 3.71. The van der Waals surface area contributed by atoms with Crippen LogP contribution in [0.4, 0.5) is 5.00 Å². The van der Waals surface area contributed by atoms with Gasteiger partial charge in [-0.15, -0.1) is 11.3 Å². The number of phenolic OH excluding ortho intramolecular Hbond substituents is 1. The fourth-order valence-electron chi connectivity index (χ4n) is 3.26. The van der Waals surface area contributed by atoms with Crippen LogP contribution in [-0.2, 0) is 27.2 Å². The van der Waals surface area contributed by atoms with E-state index >= 15 is 0 Å². The van der Waals surface area contributed by atoms with Crippen LogP contribution in [0.15, 0.2) is 27.8 Å². The van der Waals surface area contributed by atoms with Crippen molar-refractivity contribution in [3.63, 3.8) is 0 Å². The molecule has 1 aromatic carbocycles. The van der Waals surface area contributed by atoms with E-state index in [1.165, 1.54) is 23.6 Å². The third-order valence-electron chi connectivity index (χ3n) is 4.78. The molecule has 0 unspecified atom stereocenters. The fraction of sp³-hybridized carbons (Fsp3) is 0.333. The average Bonchev–Trinajstić information content (AvgIpc) is 3.07. The third-order valence-corrected chi connectivity index (χ3v) is 6.45. The molecule has 1 aromatic heterocycles. The number of hydrazone groups is 1. The van der Waals surface area contributed by atoms with Crippen molar-refractivity contribution >= 4 is 56.3 Å². The number of fused-ring (bicyclic) bond motifs is 1. The summed E-state index contributed by atoms with van der Waals surface area (Å²) in [7, 11) is 0. The van der Waals surface area contributed by atoms with Crippen molar-refractivity contribution in [3.8, 4) is 5.75 Å². The lowest BCUT2D eigenvalue weighted by Gasteiger charge is -2.18. The number of thiophene rings is 1. The number of carbonyl (C=O) groups excluding carboxylic acids is 3. The zero-order chi connectivity index (χ0) is 22.5. The number of benzene rings is 1. The standard InChI is InChI=1S/C21H22BrN3O5S/c1-3-30-21(29)17-14-6-4-11(2)8-16(14)31-20(17)24-18(27)19(28)25-23-10-12-9-13(22)5-7-15(12)26/h5,7,9-11,26H,3-4,6,8H2,1-2H3,(H,24,27)(H,25,28)/b23-10-/t11-/m0/s1. The molecule has 2 amide bonds. The van der Waals surface area contributed by atoms with Gasteiger partial charge in [-0.25, -0.2) is 10.2 Å². The van der Waals surface area contributed by atoms with Crippen molar-refractivity contribution in [2.45, 2.75) is 33.1 Å². The zero-order valence-electron chi connectivity index (χ0n) is 17.0. The third kappa shape index (κ3) is 5.50. The number of nitrogens with one attached hydrogen (secondary N) is 2. The molecule has 0 spiro atoms. The first-order valence-electron chi connectivity index (χ1n) is 9.74. The minimum absolute atomic E-state index is 0.0249. The number of phenols is 1. The molecule has 1 aliphatic carbocycles. The molecule has 0 fully saturated rings. The van der Waals surface area contributed by atoms with Crippen molar-refractivity contribution in [3.05, 3.63) is 44.2 Å². The van der Waals surface area contributed by atoms with Crippen LogP contribution >= 0.6 is 27.3 Å². The lowest BCUT2D eigenvalue weighted by molar-refractivity contribution is -0.136. The number of rotatable bonds is 5. The van der Waals surface area contributed by atoms with Gasteiger partial charge in [-0.3, -0.25) is 9.59 Å². The van der Waals surface area contributed by atoms with E-state index < -0.39 is 17.8 Å². The second-order valence-electron chi connectivity index (χ2n) is 7.13. The van der Waals surface area contributed by atoms with E-state index in [0.717, 1.165) is 34.2 Å². The molecule has 10 heteroatoms. The quantitative estimate of drug-likeness (QED) is 0.247. The Labute approximate surface area is 191 Å². The van der Waals surface area contributed by atoms with Crippen molar-refractivity contribution in [1.29, 1.82) is 0 Å². The van der Waals surface area contributed by atoms with Gasteiger partial charge >= 0.3 is 17.8 Å². The summed E-state index contributed by atoms with van der Waals surface area (Å²) >= 11 is 4.57. The predicted molar refractivity (Wildman–Crippen MR) is 122 cm³/mol. The van der Waals surface area contributed by atoms with Gasteiger partial charge in [-0.05, 0) is 55.9 Å². The Kier molecular flexibility index (Phi) is 7.45. The van der Waals surface area contributed by atoms with Crippen LogP contribution < -0.4 is 10.7 Å². The summed E-state index contributed by atoms with van der Waals surface area (Å²) in [5.74, 6) is -2.00. The van der Waals surface area contributed by atoms with Gasteiger partial charge in [0.25, 0.3) is 0 Å². The van der Waals surface area contributed by atoms with Gasteiger partial charge in [-0.2, -0.15) is 5.10 Å². The summed E-state index contributed by atoms with van der Waals surface area (Å²) in [5.41, 5.74) is 3.70. The lowest BCUT2D eigenvalue weighted by atomic mass is 9.88. The highest BCUT2D eigenvalue weighted by Gasteiger charge is 2.30. The predicted octanol–water partition coefficient (Wildman–Crippen LogP) is 3.61. The number of hydrogen-bond acceptors (Lipinski definition) is 7. The maximum atomic E-state index is 12.5. The Morgan fingerprint density at radius 1 is 1.35 bits per heavy atom. The minimum atomic E-state index is -1.000. The molecule has 0 saturated carbocycles. The molecule has 0 bridgehead atoms. The van der Waals surface area contributed by atoms with Crippen molar-refractivity contribution in [1.82, 2.24) is 5.43 Å². The van der Waals surface area contributed by atoms with Crippen LogP contribution in [0.25, 0.3) is 0 Å².